The van der Waals surface area contributed by atoms with Crippen LogP contribution in [0, 0.1) is 0 Å². The molecule has 14 heavy (non-hydrogen) atoms. The van der Waals surface area contributed by atoms with E-state index in [4.69, 9.17) is 4.74 Å². The summed E-state index contributed by atoms with van der Waals surface area (Å²) in [4.78, 5) is 3.99. The average Bonchev–Trinajstić information content (AvgIpc) is 2.67. The molecule has 0 saturated carbocycles. The van der Waals surface area contributed by atoms with Gasteiger partial charge in [0.2, 0.25) is 0 Å². The van der Waals surface area contributed by atoms with Crippen LogP contribution in [0.4, 0.5) is 0 Å². The highest BCUT2D eigenvalue weighted by Gasteiger charge is 2.38. The van der Waals surface area contributed by atoms with Gasteiger partial charge in [-0.1, -0.05) is 6.07 Å². The maximum Gasteiger partial charge on any atom is 0.109 e. The van der Waals surface area contributed by atoms with E-state index in [0.717, 1.165) is 25.0 Å². The van der Waals surface area contributed by atoms with Crippen molar-refractivity contribution in [3.63, 3.8) is 0 Å². The lowest BCUT2D eigenvalue weighted by Gasteiger charge is -2.29. The largest absolute Gasteiger partial charge is 0.385 e. The minimum atomic E-state index is -0.571. The highest BCUT2D eigenvalue weighted by molar-refractivity contribution is 5.16. The lowest BCUT2D eigenvalue weighted by molar-refractivity contribution is -0.0797. The fraction of sp³-hybridized carbons (Fsp3) is 0.545. The molecular weight excluding hydrogens is 178 g/mol. The molecule has 0 spiro atoms. The molecule has 2 heterocycles. The number of pyridine rings is 1. The summed E-state index contributed by atoms with van der Waals surface area (Å²) in [6.07, 6.45) is 4.75. The maximum atomic E-state index is 10.1. The summed E-state index contributed by atoms with van der Waals surface area (Å²) in [6, 6.07) is 3.71. The first-order chi connectivity index (χ1) is 6.72. The molecule has 1 saturated heterocycles. The molecule has 2 unspecified atom stereocenters. The van der Waals surface area contributed by atoms with Crippen molar-refractivity contribution in [3.05, 3.63) is 30.1 Å². The number of aliphatic hydroxyl groups is 1. The first-order valence-corrected chi connectivity index (χ1v) is 4.94. The summed E-state index contributed by atoms with van der Waals surface area (Å²) in [5.74, 6) is 0. The molecule has 1 aromatic rings. The standard InChI is InChI=1S/C11H15NO2/c1-11(5-3-7-14-11)10(13)9-4-2-6-12-8-9/h2,4,6,8,10,13H,3,5,7H2,1H3. The first kappa shape index (κ1) is 9.62. The van der Waals surface area contributed by atoms with Gasteiger partial charge in [-0.2, -0.15) is 0 Å². The summed E-state index contributed by atoms with van der Waals surface area (Å²) >= 11 is 0. The number of aliphatic hydroxyl groups excluding tert-OH is 1. The molecule has 0 radical (unpaired) electrons. The Morgan fingerprint density at radius 2 is 2.50 bits per heavy atom. The van der Waals surface area contributed by atoms with Crippen molar-refractivity contribution < 1.29 is 9.84 Å². The highest BCUT2D eigenvalue weighted by Crippen LogP contribution is 2.36. The molecule has 3 nitrogen and oxygen atoms in total. The van der Waals surface area contributed by atoms with Gasteiger partial charge in [-0.05, 0) is 25.8 Å². The molecule has 1 aliphatic heterocycles. The van der Waals surface area contributed by atoms with Crippen molar-refractivity contribution in [2.75, 3.05) is 6.61 Å². The van der Waals surface area contributed by atoms with E-state index in [0.29, 0.717) is 0 Å². The number of ether oxygens (including phenoxy) is 1. The number of hydrogen-bond acceptors (Lipinski definition) is 3. The van der Waals surface area contributed by atoms with Gasteiger partial charge in [0.25, 0.3) is 0 Å². The van der Waals surface area contributed by atoms with Gasteiger partial charge in [-0.3, -0.25) is 4.98 Å². The summed E-state index contributed by atoms with van der Waals surface area (Å²) in [6.45, 7) is 2.70. The molecule has 2 atom stereocenters. The lowest BCUT2D eigenvalue weighted by Crippen LogP contribution is -2.31. The second-order valence-electron chi connectivity index (χ2n) is 3.95. The number of rotatable bonds is 2. The predicted molar refractivity (Wildman–Crippen MR) is 52.8 cm³/mol. The second kappa shape index (κ2) is 3.67. The van der Waals surface area contributed by atoms with Gasteiger partial charge in [0.1, 0.15) is 6.10 Å². The van der Waals surface area contributed by atoms with Crippen molar-refractivity contribution in [1.29, 1.82) is 0 Å². The Morgan fingerprint density at radius 1 is 1.64 bits per heavy atom. The third kappa shape index (κ3) is 1.65. The summed E-state index contributed by atoms with van der Waals surface area (Å²) in [5.41, 5.74) is 0.403. The van der Waals surface area contributed by atoms with Gasteiger partial charge in [-0.15, -0.1) is 0 Å². The number of aromatic nitrogens is 1. The Labute approximate surface area is 83.7 Å². The molecule has 0 aromatic carbocycles. The van der Waals surface area contributed by atoms with E-state index in [-0.39, 0.29) is 0 Å². The summed E-state index contributed by atoms with van der Waals surface area (Å²) < 4.78 is 5.58. The Kier molecular flexibility index (Phi) is 2.52. The molecule has 3 heteroatoms. The summed E-state index contributed by atoms with van der Waals surface area (Å²) in [7, 11) is 0. The van der Waals surface area contributed by atoms with Crippen LogP contribution in [-0.4, -0.2) is 22.3 Å². The molecular formula is C11H15NO2. The Hall–Kier alpha value is -0.930. The van der Waals surface area contributed by atoms with Crippen molar-refractivity contribution in [2.24, 2.45) is 0 Å². The van der Waals surface area contributed by atoms with Crippen LogP contribution in [0.15, 0.2) is 24.5 Å². The molecule has 0 bridgehead atoms. The quantitative estimate of drug-likeness (QED) is 0.777. The maximum absolute atomic E-state index is 10.1. The smallest absolute Gasteiger partial charge is 0.109 e. The number of hydrogen-bond donors (Lipinski definition) is 1. The van der Waals surface area contributed by atoms with Crippen LogP contribution >= 0.6 is 0 Å². The van der Waals surface area contributed by atoms with Crippen molar-refractivity contribution in [1.82, 2.24) is 4.98 Å². The minimum absolute atomic E-state index is 0.428. The van der Waals surface area contributed by atoms with Gasteiger partial charge < -0.3 is 9.84 Å². The van der Waals surface area contributed by atoms with E-state index in [1.165, 1.54) is 0 Å². The molecule has 0 aliphatic carbocycles. The van der Waals surface area contributed by atoms with E-state index in [2.05, 4.69) is 4.98 Å². The van der Waals surface area contributed by atoms with Gasteiger partial charge >= 0.3 is 0 Å². The van der Waals surface area contributed by atoms with Crippen LogP contribution in [0.3, 0.4) is 0 Å². The molecule has 0 amide bonds. The SMILES string of the molecule is CC1(C(O)c2cccnc2)CCCO1. The third-order valence-electron chi connectivity index (χ3n) is 2.83. The first-order valence-electron chi connectivity index (χ1n) is 4.94. The normalized spacial score (nSPS) is 29.0. The topological polar surface area (TPSA) is 42.4 Å². The van der Waals surface area contributed by atoms with E-state index >= 15 is 0 Å². The fourth-order valence-corrected chi connectivity index (χ4v) is 1.91. The van der Waals surface area contributed by atoms with Gasteiger partial charge in [0, 0.05) is 24.6 Å². The van der Waals surface area contributed by atoms with Crippen LogP contribution in [-0.2, 0) is 4.74 Å². The highest BCUT2D eigenvalue weighted by atomic mass is 16.5. The zero-order valence-corrected chi connectivity index (χ0v) is 8.31. The van der Waals surface area contributed by atoms with Crippen LogP contribution < -0.4 is 0 Å². The molecule has 1 fully saturated rings. The molecule has 76 valence electrons. The Morgan fingerprint density at radius 3 is 3.07 bits per heavy atom. The predicted octanol–water partition coefficient (Wildman–Crippen LogP) is 1.68. The molecule has 1 aromatic heterocycles. The molecule has 2 rings (SSSR count). The number of nitrogens with zero attached hydrogens (tertiary/aromatic N) is 1. The van der Waals surface area contributed by atoms with Crippen LogP contribution in [0.1, 0.15) is 31.4 Å². The van der Waals surface area contributed by atoms with E-state index in [1.807, 2.05) is 19.1 Å². The van der Waals surface area contributed by atoms with Gasteiger partial charge in [0.05, 0.1) is 5.60 Å². The van der Waals surface area contributed by atoms with Crippen LogP contribution in [0.2, 0.25) is 0 Å². The zero-order valence-electron chi connectivity index (χ0n) is 8.31. The van der Waals surface area contributed by atoms with E-state index in [1.54, 1.807) is 12.4 Å². The Bertz CT molecular complexity index is 293. The van der Waals surface area contributed by atoms with E-state index in [9.17, 15) is 5.11 Å². The molecule has 1 aliphatic rings. The van der Waals surface area contributed by atoms with Crippen LogP contribution in [0.5, 0.6) is 0 Å². The van der Waals surface area contributed by atoms with Crippen LogP contribution in [0.25, 0.3) is 0 Å². The second-order valence-corrected chi connectivity index (χ2v) is 3.95. The minimum Gasteiger partial charge on any atom is -0.385 e. The van der Waals surface area contributed by atoms with E-state index < -0.39 is 11.7 Å². The average molecular weight is 193 g/mol. The zero-order chi connectivity index (χ0) is 10.0. The fourth-order valence-electron chi connectivity index (χ4n) is 1.91. The Balaban J connectivity index is 2.19. The van der Waals surface area contributed by atoms with Crippen molar-refractivity contribution in [2.45, 2.75) is 31.5 Å². The molecule has 1 N–H and O–H groups in total. The third-order valence-corrected chi connectivity index (χ3v) is 2.83. The lowest BCUT2D eigenvalue weighted by atomic mass is 9.91. The van der Waals surface area contributed by atoms with Crippen molar-refractivity contribution in [3.8, 4) is 0 Å². The monoisotopic (exact) mass is 193 g/mol. The van der Waals surface area contributed by atoms with Gasteiger partial charge in [-0.25, -0.2) is 0 Å². The van der Waals surface area contributed by atoms with Gasteiger partial charge in [0.15, 0.2) is 0 Å². The van der Waals surface area contributed by atoms with Crippen molar-refractivity contribution >= 4 is 0 Å². The summed E-state index contributed by atoms with van der Waals surface area (Å²) in [5, 5.41) is 10.1.